The Morgan fingerprint density at radius 2 is 1.57 bits per heavy atom. The van der Waals surface area contributed by atoms with Crippen LogP contribution in [0.1, 0.15) is 90.0 Å². The third-order valence-electron chi connectivity index (χ3n) is 6.04. The van der Waals surface area contributed by atoms with Crippen molar-refractivity contribution in [2.24, 2.45) is 5.41 Å². The Balaban J connectivity index is 1.74. The molecule has 1 fully saturated rings. The highest BCUT2D eigenvalue weighted by Crippen LogP contribution is 2.35. The van der Waals surface area contributed by atoms with Crippen LogP contribution >= 0.6 is 0 Å². The first-order valence-corrected chi connectivity index (χ1v) is 11.4. The molecule has 1 aliphatic rings. The smallest absolute Gasteiger partial charge is 0.323 e. The fourth-order valence-electron chi connectivity index (χ4n) is 3.82. The molecule has 0 aliphatic heterocycles. The molecule has 1 aromatic rings. The predicted octanol–water partition coefficient (Wildman–Crippen LogP) is 5.80. The molecule has 1 aromatic carbocycles. The topological polar surface area (TPSA) is 61.8 Å². The average molecular weight is 419 g/mol. The summed E-state index contributed by atoms with van der Waals surface area (Å²) >= 11 is 0. The summed E-state index contributed by atoms with van der Waals surface area (Å²) in [5.41, 5.74) is 0.0272. The molecule has 0 saturated heterocycles. The maximum atomic E-state index is 12.6. The van der Waals surface area contributed by atoms with Crippen molar-refractivity contribution in [3.05, 3.63) is 29.8 Å². The zero-order chi connectivity index (χ0) is 22.0. The lowest BCUT2D eigenvalue weighted by molar-refractivity contribution is -0.174. The van der Waals surface area contributed by atoms with Gasteiger partial charge in [0.15, 0.2) is 5.41 Å². The minimum Gasteiger partial charge on any atom is -0.497 e. The summed E-state index contributed by atoms with van der Waals surface area (Å²) in [6, 6.07) is 8.19. The van der Waals surface area contributed by atoms with Gasteiger partial charge in [-0.3, -0.25) is 9.59 Å². The van der Waals surface area contributed by atoms with Gasteiger partial charge in [-0.25, -0.2) is 0 Å². The van der Waals surface area contributed by atoms with Crippen molar-refractivity contribution < 1.29 is 23.8 Å². The van der Waals surface area contributed by atoms with E-state index >= 15 is 0 Å². The van der Waals surface area contributed by atoms with E-state index in [4.69, 9.17) is 14.2 Å². The van der Waals surface area contributed by atoms with Crippen LogP contribution in [0.4, 0.5) is 0 Å². The quantitative estimate of drug-likeness (QED) is 0.258. The van der Waals surface area contributed by atoms with Gasteiger partial charge < -0.3 is 14.2 Å². The monoisotopic (exact) mass is 418 g/mol. The van der Waals surface area contributed by atoms with Gasteiger partial charge in [-0.15, -0.1) is 0 Å². The lowest BCUT2D eigenvalue weighted by Gasteiger charge is -2.31. The van der Waals surface area contributed by atoms with Gasteiger partial charge in [0.05, 0.1) is 13.7 Å². The van der Waals surface area contributed by atoms with E-state index in [1.807, 2.05) is 12.1 Å². The second-order valence-corrected chi connectivity index (χ2v) is 8.83. The Bertz CT molecular complexity index is 657. The number of methoxy groups -OCH3 is 1. The Labute approximate surface area is 181 Å². The highest BCUT2D eigenvalue weighted by atomic mass is 16.6. The molecular formula is C25H38O5. The summed E-state index contributed by atoms with van der Waals surface area (Å²) in [6.45, 7) is 5.72. The summed E-state index contributed by atoms with van der Waals surface area (Å²) in [4.78, 5) is 25.0. The summed E-state index contributed by atoms with van der Waals surface area (Å²) in [5, 5.41) is 0. The molecule has 2 rings (SSSR count). The van der Waals surface area contributed by atoms with Gasteiger partial charge in [-0.05, 0) is 69.6 Å². The number of ether oxygens (including phenoxy) is 3. The third kappa shape index (κ3) is 7.03. The fraction of sp³-hybridized carbons (Fsp3) is 0.680. The lowest BCUT2D eigenvalue weighted by atomic mass is 9.82. The average Bonchev–Trinajstić information content (AvgIpc) is 2.76. The zero-order valence-electron chi connectivity index (χ0n) is 19.1. The first-order valence-electron chi connectivity index (χ1n) is 11.4. The molecule has 168 valence electrons. The van der Waals surface area contributed by atoms with Gasteiger partial charge in [0.25, 0.3) is 0 Å². The first kappa shape index (κ1) is 24.2. The number of carbonyl (C=O) groups is 2. The number of hydrogen-bond acceptors (Lipinski definition) is 5. The second kappa shape index (κ2) is 12.0. The van der Waals surface area contributed by atoms with Crippen molar-refractivity contribution >= 4 is 11.9 Å². The molecule has 0 atom stereocenters. The highest BCUT2D eigenvalue weighted by molar-refractivity contribution is 5.99. The largest absolute Gasteiger partial charge is 0.497 e. The van der Waals surface area contributed by atoms with E-state index in [0.29, 0.717) is 12.5 Å². The Hall–Kier alpha value is -2.04. The normalized spacial score (nSPS) is 19.2. The molecule has 5 nitrogen and oxygen atoms in total. The molecule has 1 saturated carbocycles. The Morgan fingerprint density at radius 3 is 2.17 bits per heavy atom. The number of carbonyl (C=O) groups excluding carboxylic acids is 2. The minimum absolute atomic E-state index is 0.131. The number of hydrogen-bond donors (Lipinski definition) is 0. The van der Waals surface area contributed by atoms with Gasteiger partial charge in [0.2, 0.25) is 0 Å². The molecule has 0 unspecified atom stereocenters. The van der Waals surface area contributed by atoms with E-state index in [1.54, 1.807) is 21.0 Å². The molecule has 0 aromatic heterocycles. The SMILES string of the molecule is CCCCCCCOC(=O)C(C)(C)C(=O)OC1CCC(c2ccc(OC)cc2)CC1. The molecule has 0 amide bonds. The van der Waals surface area contributed by atoms with Crippen LogP contribution < -0.4 is 4.74 Å². The molecular weight excluding hydrogens is 380 g/mol. The Kier molecular flexibility index (Phi) is 9.67. The number of benzene rings is 1. The lowest BCUT2D eigenvalue weighted by Crippen LogP contribution is -2.39. The van der Waals surface area contributed by atoms with Crippen LogP contribution in [0, 0.1) is 5.41 Å². The second-order valence-electron chi connectivity index (χ2n) is 8.83. The molecule has 0 radical (unpaired) electrons. The van der Waals surface area contributed by atoms with Crippen LogP contribution in [0.25, 0.3) is 0 Å². The Morgan fingerprint density at radius 1 is 0.933 bits per heavy atom. The summed E-state index contributed by atoms with van der Waals surface area (Å²) in [5.74, 6) is 0.356. The van der Waals surface area contributed by atoms with Crippen LogP contribution in [-0.4, -0.2) is 31.8 Å². The van der Waals surface area contributed by atoms with Gasteiger partial charge in [0, 0.05) is 0 Å². The van der Waals surface area contributed by atoms with E-state index < -0.39 is 17.4 Å². The van der Waals surface area contributed by atoms with E-state index in [9.17, 15) is 9.59 Å². The van der Waals surface area contributed by atoms with Crippen molar-refractivity contribution in [3.63, 3.8) is 0 Å². The molecule has 30 heavy (non-hydrogen) atoms. The number of rotatable bonds is 11. The molecule has 1 aliphatic carbocycles. The maximum Gasteiger partial charge on any atom is 0.323 e. The van der Waals surface area contributed by atoms with Gasteiger partial charge >= 0.3 is 11.9 Å². The molecule has 0 bridgehead atoms. The van der Waals surface area contributed by atoms with Gasteiger partial charge in [-0.2, -0.15) is 0 Å². The maximum absolute atomic E-state index is 12.6. The van der Waals surface area contributed by atoms with E-state index in [1.165, 1.54) is 18.4 Å². The van der Waals surface area contributed by atoms with Gasteiger partial charge in [0.1, 0.15) is 11.9 Å². The zero-order valence-corrected chi connectivity index (χ0v) is 19.1. The highest BCUT2D eigenvalue weighted by Gasteiger charge is 2.41. The third-order valence-corrected chi connectivity index (χ3v) is 6.04. The standard InChI is InChI=1S/C25H38O5/c1-5-6-7-8-9-18-29-23(26)25(2,3)24(27)30-22-16-12-20(13-17-22)19-10-14-21(28-4)15-11-19/h10-11,14-15,20,22H,5-9,12-13,16-18H2,1-4H3. The van der Waals surface area contributed by atoms with Crippen LogP contribution in [0.5, 0.6) is 5.75 Å². The van der Waals surface area contributed by atoms with E-state index in [-0.39, 0.29) is 6.10 Å². The van der Waals surface area contributed by atoms with Crippen molar-refractivity contribution in [1.29, 1.82) is 0 Å². The summed E-state index contributed by atoms with van der Waals surface area (Å²) in [6.07, 6.45) is 8.84. The van der Waals surface area contributed by atoms with Crippen molar-refractivity contribution in [3.8, 4) is 5.75 Å². The summed E-state index contributed by atoms with van der Waals surface area (Å²) in [7, 11) is 1.67. The van der Waals surface area contributed by atoms with E-state index in [2.05, 4.69) is 19.1 Å². The van der Waals surface area contributed by atoms with Crippen molar-refractivity contribution in [2.45, 2.75) is 90.6 Å². The van der Waals surface area contributed by atoms with Crippen LogP contribution in [0.2, 0.25) is 0 Å². The predicted molar refractivity (Wildman–Crippen MR) is 118 cm³/mol. The first-order chi connectivity index (χ1) is 14.4. The summed E-state index contributed by atoms with van der Waals surface area (Å²) < 4.78 is 16.3. The molecule has 0 spiro atoms. The van der Waals surface area contributed by atoms with Crippen LogP contribution in [-0.2, 0) is 19.1 Å². The number of unbranched alkanes of at least 4 members (excludes halogenated alkanes) is 4. The van der Waals surface area contributed by atoms with Crippen molar-refractivity contribution in [2.75, 3.05) is 13.7 Å². The molecule has 0 N–H and O–H groups in total. The van der Waals surface area contributed by atoms with E-state index in [0.717, 1.165) is 50.7 Å². The van der Waals surface area contributed by atoms with Crippen LogP contribution in [0.3, 0.4) is 0 Å². The number of esters is 2. The van der Waals surface area contributed by atoms with Crippen molar-refractivity contribution in [1.82, 2.24) is 0 Å². The fourth-order valence-corrected chi connectivity index (χ4v) is 3.82. The van der Waals surface area contributed by atoms with Gasteiger partial charge in [-0.1, -0.05) is 44.7 Å². The molecule has 0 heterocycles. The van der Waals surface area contributed by atoms with Crippen LogP contribution in [0.15, 0.2) is 24.3 Å². The minimum atomic E-state index is -1.27. The molecule has 5 heteroatoms.